The topological polar surface area (TPSA) is 18.5 Å². The van der Waals surface area contributed by atoms with Gasteiger partial charge in [0.25, 0.3) is 0 Å². The highest BCUT2D eigenvalue weighted by molar-refractivity contribution is 4.93. The molecule has 0 aliphatic carbocycles. The minimum atomic E-state index is 0.722. The molecule has 2 aliphatic heterocycles. The SMILES string of the molecule is CCCNC1CCN(C2CCCN(CC)C2)C(C)C1C. The molecule has 118 valence electrons. The van der Waals surface area contributed by atoms with E-state index in [2.05, 4.69) is 42.8 Å². The van der Waals surface area contributed by atoms with Crippen LogP contribution in [0.5, 0.6) is 0 Å². The maximum atomic E-state index is 3.76. The van der Waals surface area contributed by atoms with Crippen molar-refractivity contribution >= 4 is 0 Å². The number of hydrogen-bond donors (Lipinski definition) is 1. The molecule has 2 rings (SSSR count). The molecule has 1 N–H and O–H groups in total. The van der Waals surface area contributed by atoms with Crippen LogP contribution in [0, 0.1) is 5.92 Å². The monoisotopic (exact) mass is 281 g/mol. The molecule has 0 radical (unpaired) electrons. The zero-order valence-corrected chi connectivity index (χ0v) is 14.1. The molecule has 2 saturated heterocycles. The summed E-state index contributed by atoms with van der Waals surface area (Å²) in [6, 6.07) is 2.25. The van der Waals surface area contributed by atoms with Crippen molar-refractivity contribution < 1.29 is 0 Å². The van der Waals surface area contributed by atoms with Crippen molar-refractivity contribution in [1.29, 1.82) is 0 Å². The Kier molecular flexibility index (Phi) is 6.31. The molecule has 0 aromatic heterocycles. The van der Waals surface area contributed by atoms with Gasteiger partial charge >= 0.3 is 0 Å². The number of nitrogens with zero attached hydrogens (tertiary/aromatic N) is 2. The largest absolute Gasteiger partial charge is 0.314 e. The third-order valence-corrected chi connectivity index (χ3v) is 5.67. The standard InChI is InChI=1S/C17H35N3/c1-5-10-18-17-9-12-20(15(4)14(17)3)16-8-7-11-19(6-2)13-16/h14-18H,5-13H2,1-4H3. The molecule has 0 spiro atoms. The zero-order chi connectivity index (χ0) is 14.5. The summed E-state index contributed by atoms with van der Waals surface area (Å²) in [6.45, 7) is 15.7. The number of likely N-dealkylation sites (N-methyl/N-ethyl adjacent to an activating group) is 1. The van der Waals surface area contributed by atoms with E-state index in [1.54, 1.807) is 0 Å². The molecule has 4 unspecified atom stereocenters. The van der Waals surface area contributed by atoms with Crippen LogP contribution in [0.4, 0.5) is 0 Å². The first-order valence-corrected chi connectivity index (χ1v) is 8.88. The first-order valence-electron chi connectivity index (χ1n) is 8.88. The van der Waals surface area contributed by atoms with Crippen LogP contribution in [0.1, 0.15) is 53.4 Å². The van der Waals surface area contributed by atoms with Crippen molar-refractivity contribution in [3.8, 4) is 0 Å². The Balaban J connectivity index is 1.90. The Labute approximate surface area is 126 Å². The lowest BCUT2D eigenvalue weighted by Crippen LogP contribution is -2.59. The van der Waals surface area contributed by atoms with Crippen molar-refractivity contribution in [3.05, 3.63) is 0 Å². The second-order valence-corrected chi connectivity index (χ2v) is 6.88. The maximum absolute atomic E-state index is 3.76. The van der Waals surface area contributed by atoms with Crippen LogP contribution in [0.3, 0.4) is 0 Å². The number of nitrogens with one attached hydrogen (secondary N) is 1. The van der Waals surface area contributed by atoms with Crippen LogP contribution < -0.4 is 5.32 Å². The normalized spacial score (nSPS) is 37.2. The van der Waals surface area contributed by atoms with E-state index in [0.717, 1.165) is 24.0 Å². The lowest BCUT2D eigenvalue weighted by molar-refractivity contribution is 0.0141. The molecule has 20 heavy (non-hydrogen) atoms. The molecule has 2 heterocycles. The number of hydrogen-bond acceptors (Lipinski definition) is 3. The predicted molar refractivity (Wildman–Crippen MR) is 87.2 cm³/mol. The van der Waals surface area contributed by atoms with E-state index in [4.69, 9.17) is 0 Å². The van der Waals surface area contributed by atoms with Gasteiger partial charge in [0.15, 0.2) is 0 Å². The molecular weight excluding hydrogens is 246 g/mol. The summed E-state index contributed by atoms with van der Waals surface area (Å²) in [6.07, 6.45) is 5.36. The molecule has 4 atom stereocenters. The van der Waals surface area contributed by atoms with Crippen LogP contribution in [0.25, 0.3) is 0 Å². The van der Waals surface area contributed by atoms with E-state index in [-0.39, 0.29) is 0 Å². The average molecular weight is 281 g/mol. The first kappa shape index (κ1) is 16.3. The highest BCUT2D eigenvalue weighted by Crippen LogP contribution is 2.28. The molecule has 0 amide bonds. The third kappa shape index (κ3) is 3.75. The Bertz CT molecular complexity index is 281. The van der Waals surface area contributed by atoms with E-state index in [1.807, 2.05) is 0 Å². The van der Waals surface area contributed by atoms with Gasteiger partial charge in [-0.2, -0.15) is 0 Å². The third-order valence-electron chi connectivity index (χ3n) is 5.67. The predicted octanol–water partition coefficient (Wildman–Crippen LogP) is 2.57. The number of likely N-dealkylation sites (tertiary alicyclic amines) is 2. The van der Waals surface area contributed by atoms with Crippen LogP contribution in [0.15, 0.2) is 0 Å². The second kappa shape index (κ2) is 7.77. The van der Waals surface area contributed by atoms with E-state index >= 15 is 0 Å². The molecule has 2 aliphatic rings. The molecule has 0 saturated carbocycles. The molecule has 3 heteroatoms. The lowest BCUT2D eigenvalue weighted by atomic mass is 9.85. The van der Waals surface area contributed by atoms with Crippen molar-refractivity contribution in [1.82, 2.24) is 15.1 Å². The Morgan fingerprint density at radius 1 is 1.10 bits per heavy atom. The van der Waals surface area contributed by atoms with Crippen LogP contribution in [-0.2, 0) is 0 Å². The van der Waals surface area contributed by atoms with Gasteiger partial charge in [-0.1, -0.05) is 20.8 Å². The minimum absolute atomic E-state index is 0.722. The van der Waals surface area contributed by atoms with E-state index < -0.39 is 0 Å². The van der Waals surface area contributed by atoms with E-state index in [9.17, 15) is 0 Å². The van der Waals surface area contributed by atoms with E-state index in [1.165, 1.54) is 58.4 Å². The van der Waals surface area contributed by atoms with Crippen molar-refractivity contribution in [2.75, 3.05) is 32.7 Å². The fourth-order valence-electron chi connectivity index (χ4n) is 4.11. The van der Waals surface area contributed by atoms with Crippen LogP contribution in [0.2, 0.25) is 0 Å². The minimum Gasteiger partial charge on any atom is -0.314 e. The quantitative estimate of drug-likeness (QED) is 0.835. The van der Waals surface area contributed by atoms with Gasteiger partial charge in [-0.25, -0.2) is 0 Å². The molecule has 0 bridgehead atoms. The molecule has 3 nitrogen and oxygen atoms in total. The number of piperidine rings is 2. The summed E-state index contributed by atoms with van der Waals surface area (Å²) in [5, 5.41) is 3.76. The summed E-state index contributed by atoms with van der Waals surface area (Å²) < 4.78 is 0. The molecule has 0 aromatic rings. The second-order valence-electron chi connectivity index (χ2n) is 6.88. The Hall–Kier alpha value is -0.120. The van der Waals surface area contributed by atoms with Crippen molar-refractivity contribution in [2.24, 2.45) is 5.92 Å². The average Bonchev–Trinajstić information content (AvgIpc) is 2.49. The fraction of sp³-hybridized carbons (Fsp3) is 1.00. The smallest absolute Gasteiger partial charge is 0.0226 e. The summed E-state index contributed by atoms with van der Waals surface area (Å²) >= 11 is 0. The molecule has 0 aromatic carbocycles. The van der Waals surface area contributed by atoms with Gasteiger partial charge in [-0.05, 0) is 58.2 Å². The maximum Gasteiger partial charge on any atom is 0.0226 e. The van der Waals surface area contributed by atoms with Crippen molar-refractivity contribution in [2.45, 2.75) is 71.5 Å². The van der Waals surface area contributed by atoms with E-state index in [0.29, 0.717) is 0 Å². The van der Waals surface area contributed by atoms with Gasteiger partial charge in [0.1, 0.15) is 0 Å². The van der Waals surface area contributed by atoms with Gasteiger partial charge in [0.2, 0.25) is 0 Å². The van der Waals surface area contributed by atoms with Gasteiger partial charge in [0, 0.05) is 31.2 Å². The molecule has 2 fully saturated rings. The zero-order valence-electron chi connectivity index (χ0n) is 14.1. The lowest BCUT2D eigenvalue weighted by Gasteiger charge is -2.49. The summed E-state index contributed by atoms with van der Waals surface area (Å²) in [7, 11) is 0. The molecular formula is C17H35N3. The summed E-state index contributed by atoms with van der Waals surface area (Å²) in [4.78, 5) is 5.45. The number of rotatable bonds is 5. The fourth-order valence-corrected chi connectivity index (χ4v) is 4.11. The summed E-state index contributed by atoms with van der Waals surface area (Å²) in [5.41, 5.74) is 0. The Morgan fingerprint density at radius 2 is 1.90 bits per heavy atom. The van der Waals surface area contributed by atoms with Gasteiger partial charge < -0.3 is 10.2 Å². The van der Waals surface area contributed by atoms with Crippen LogP contribution in [-0.4, -0.2) is 60.6 Å². The Morgan fingerprint density at radius 3 is 2.60 bits per heavy atom. The van der Waals surface area contributed by atoms with Gasteiger partial charge in [-0.3, -0.25) is 4.90 Å². The van der Waals surface area contributed by atoms with Crippen molar-refractivity contribution in [3.63, 3.8) is 0 Å². The highest BCUT2D eigenvalue weighted by Gasteiger charge is 2.36. The van der Waals surface area contributed by atoms with Crippen LogP contribution >= 0.6 is 0 Å². The summed E-state index contributed by atoms with van der Waals surface area (Å²) in [5.74, 6) is 0.771. The van der Waals surface area contributed by atoms with Gasteiger partial charge in [-0.15, -0.1) is 0 Å². The highest BCUT2D eigenvalue weighted by atomic mass is 15.3. The van der Waals surface area contributed by atoms with Gasteiger partial charge in [0.05, 0.1) is 0 Å². The first-order chi connectivity index (χ1) is 9.67.